The van der Waals surface area contributed by atoms with Crippen LogP contribution in [0, 0.1) is 11.6 Å². The Morgan fingerprint density at radius 2 is 2.00 bits per heavy atom. The van der Waals surface area contributed by atoms with E-state index in [0.29, 0.717) is 29.5 Å². The minimum atomic E-state index is -0.639. The topological polar surface area (TPSA) is 36.4 Å². The Balaban J connectivity index is 1.67. The summed E-state index contributed by atoms with van der Waals surface area (Å²) < 4.78 is 26.6. The number of nitrogens with zero attached hydrogens (tertiary/aromatic N) is 3. The van der Waals surface area contributed by atoms with Crippen molar-refractivity contribution in [1.82, 2.24) is 9.88 Å². The number of piperazine rings is 1. The Kier molecular flexibility index (Phi) is 4.43. The molecule has 1 saturated heterocycles. The molecule has 0 radical (unpaired) electrons. The van der Waals surface area contributed by atoms with E-state index in [1.807, 2.05) is 4.90 Å². The highest BCUT2D eigenvalue weighted by molar-refractivity contribution is 6.30. The first kappa shape index (κ1) is 15.7. The summed E-state index contributed by atoms with van der Waals surface area (Å²) in [4.78, 5) is 19.9. The fourth-order valence-corrected chi connectivity index (χ4v) is 2.59. The maximum absolute atomic E-state index is 13.7. The molecule has 0 spiro atoms. The summed E-state index contributed by atoms with van der Waals surface area (Å²) in [6.07, 6.45) is 1.53. The monoisotopic (exact) mass is 337 g/mol. The first-order chi connectivity index (χ1) is 11.0. The summed E-state index contributed by atoms with van der Waals surface area (Å²) in [6.45, 7) is 1.33. The lowest BCUT2D eigenvalue weighted by molar-refractivity contribution is -0.131. The van der Waals surface area contributed by atoms with Gasteiger partial charge in [0.05, 0.1) is 11.6 Å². The van der Waals surface area contributed by atoms with Gasteiger partial charge in [-0.05, 0) is 18.2 Å². The molecule has 1 aliphatic heterocycles. The maximum atomic E-state index is 13.7. The molecule has 2 heterocycles. The van der Waals surface area contributed by atoms with E-state index in [2.05, 4.69) is 4.98 Å². The van der Waals surface area contributed by atoms with Crippen molar-refractivity contribution >= 4 is 23.3 Å². The number of carbonyl (C=O) groups excluding carboxylic acids is 1. The van der Waals surface area contributed by atoms with Crippen molar-refractivity contribution in [3.8, 4) is 0 Å². The van der Waals surface area contributed by atoms with Crippen LogP contribution in [-0.4, -0.2) is 35.4 Å². The number of hydrogen-bond acceptors (Lipinski definition) is 3. The van der Waals surface area contributed by atoms with Gasteiger partial charge in [0.1, 0.15) is 17.5 Å². The molecule has 0 aliphatic carbocycles. The summed E-state index contributed by atoms with van der Waals surface area (Å²) in [5.74, 6) is -0.720. The van der Waals surface area contributed by atoms with E-state index in [1.54, 1.807) is 17.0 Å². The number of benzene rings is 1. The number of carbonyl (C=O) groups is 1. The van der Waals surface area contributed by atoms with E-state index in [0.717, 1.165) is 6.07 Å². The van der Waals surface area contributed by atoms with Gasteiger partial charge in [-0.25, -0.2) is 13.8 Å². The molecule has 1 amide bonds. The molecule has 1 fully saturated rings. The fourth-order valence-electron chi connectivity index (χ4n) is 2.48. The SMILES string of the molecule is O=C1CN(c2ccc(Cl)cn2)CCN1Cc1ccc(F)cc1F. The molecule has 3 rings (SSSR count). The Bertz CT molecular complexity index is 724. The van der Waals surface area contributed by atoms with Crippen LogP contribution in [0.5, 0.6) is 0 Å². The Morgan fingerprint density at radius 3 is 2.65 bits per heavy atom. The molecule has 1 aromatic carbocycles. The first-order valence-electron chi connectivity index (χ1n) is 7.11. The predicted octanol–water partition coefficient (Wildman–Crippen LogP) is 2.86. The van der Waals surface area contributed by atoms with Crippen LogP contribution in [0.1, 0.15) is 5.56 Å². The van der Waals surface area contributed by atoms with Gasteiger partial charge >= 0.3 is 0 Å². The van der Waals surface area contributed by atoms with Gasteiger partial charge in [0, 0.05) is 37.5 Å². The molecule has 2 aromatic rings. The Morgan fingerprint density at radius 1 is 1.17 bits per heavy atom. The zero-order valence-corrected chi connectivity index (χ0v) is 12.9. The van der Waals surface area contributed by atoms with Crippen LogP contribution in [-0.2, 0) is 11.3 Å². The molecule has 0 unspecified atom stereocenters. The van der Waals surface area contributed by atoms with Crippen molar-refractivity contribution in [2.45, 2.75) is 6.54 Å². The Labute approximate surface area is 137 Å². The molecular formula is C16H14ClF2N3O. The van der Waals surface area contributed by atoms with E-state index >= 15 is 0 Å². The number of aromatic nitrogens is 1. The van der Waals surface area contributed by atoms with Crippen molar-refractivity contribution in [1.29, 1.82) is 0 Å². The number of amides is 1. The van der Waals surface area contributed by atoms with Crippen LogP contribution in [0.4, 0.5) is 14.6 Å². The maximum Gasteiger partial charge on any atom is 0.242 e. The third-order valence-corrected chi connectivity index (χ3v) is 3.95. The van der Waals surface area contributed by atoms with Crippen LogP contribution in [0.2, 0.25) is 5.02 Å². The van der Waals surface area contributed by atoms with Crippen LogP contribution in [0.25, 0.3) is 0 Å². The number of pyridine rings is 1. The summed E-state index contributed by atoms with van der Waals surface area (Å²) in [7, 11) is 0. The zero-order chi connectivity index (χ0) is 16.4. The van der Waals surface area contributed by atoms with E-state index in [-0.39, 0.29) is 19.0 Å². The normalized spacial score (nSPS) is 15.2. The largest absolute Gasteiger partial charge is 0.346 e. The summed E-state index contributed by atoms with van der Waals surface area (Å²) in [5.41, 5.74) is 0.304. The summed E-state index contributed by atoms with van der Waals surface area (Å²) in [6, 6.07) is 6.86. The van der Waals surface area contributed by atoms with Gasteiger partial charge in [-0.1, -0.05) is 17.7 Å². The summed E-state index contributed by atoms with van der Waals surface area (Å²) in [5, 5.41) is 0.533. The molecule has 1 aromatic heterocycles. The number of rotatable bonds is 3. The van der Waals surface area contributed by atoms with Gasteiger partial charge in [-0.3, -0.25) is 4.79 Å². The third kappa shape index (κ3) is 3.59. The van der Waals surface area contributed by atoms with Crippen molar-refractivity contribution in [2.75, 3.05) is 24.5 Å². The second kappa shape index (κ2) is 6.50. The molecule has 0 N–H and O–H groups in total. The summed E-state index contributed by atoms with van der Waals surface area (Å²) >= 11 is 5.80. The van der Waals surface area contributed by atoms with Gasteiger partial charge in [-0.2, -0.15) is 0 Å². The molecule has 120 valence electrons. The van der Waals surface area contributed by atoms with Crippen molar-refractivity contribution < 1.29 is 13.6 Å². The molecule has 0 bridgehead atoms. The number of anilines is 1. The average molecular weight is 338 g/mol. The second-order valence-corrected chi connectivity index (χ2v) is 5.74. The van der Waals surface area contributed by atoms with Crippen LogP contribution in [0.15, 0.2) is 36.5 Å². The second-order valence-electron chi connectivity index (χ2n) is 5.31. The molecule has 1 aliphatic rings. The predicted molar refractivity (Wildman–Crippen MR) is 83.2 cm³/mol. The highest BCUT2D eigenvalue weighted by Crippen LogP contribution is 2.19. The van der Waals surface area contributed by atoms with Crippen LogP contribution < -0.4 is 4.90 Å². The van der Waals surface area contributed by atoms with Gasteiger partial charge in [0.2, 0.25) is 5.91 Å². The molecule has 23 heavy (non-hydrogen) atoms. The van der Waals surface area contributed by atoms with Gasteiger partial charge in [0.25, 0.3) is 0 Å². The van der Waals surface area contributed by atoms with Gasteiger partial charge in [0.15, 0.2) is 0 Å². The molecular weight excluding hydrogens is 324 g/mol. The third-order valence-electron chi connectivity index (χ3n) is 3.73. The van der Waals surface area contributed by atoms with E-state index in [9.17, 15) is 13.6 Å². The molecule has 7 heteroatoms. The van der Waals surface area contributed by atoms with E-state index in [4.69, 9.17) is 11.6 Å². The lowest BCUT2D eigenvalue weighted by atomic mass is 10.1. The smallest absolute Gasteiger partial charge is 0.242 e. The molecule has 0 saturated carbocycles. The lowest BCUT2D eigenvalue weighted by Gasteiger charge is -2.35. The van der Waals surface area contributed by atoms with Crippen LogP contribution >= 0.6 is 11.6 Å². The molecule has 4 nitrogen and oxygen atoms in total. The van der Waals surface area contributed by atoms with Gasteiger partial charge in [-0.15, -0.1) is 0 Å². The highest BCUT2D eigenvalue weighted by Gasteiger charge is 2.25. The fraction of sp³-hybridized carbons (Fsp3) is 0.250. The first-order valence-corrected chi connectivity index (χ1v) is 7.49. The standard InChI is InChI=1S/C16H14ClF2N3O/c17-12-2-4-15(20-8-12)21-5-6-22(16(23)10-21)9-11-1-3-13(18)7-14(11)19/h1-4,7-8H,5-6,9-10H2. The minimum absolute atomic E-state index is 0.128. The van der Waals surface area contributed by atoms with Crippen molar-refractivity contribution in [3.05, 3.63) is 58.7 Å². The van der Waals surface area contributed by atoms with Crippen molar-refractivity contribution in [2.24, 2.45) is 0 Å². The number of hydrogen-bond donors (Lipinski definition) is 0. The van der Waals surface area contributed by atoms with Gasteiger partial charge < -0.3 is 9.80 Å². The van der Waals surface area contributed by atoms with E-state index in [1.165, 1.54) is 18.3 Å². The zero-order valence-electron chi connectivity index (χ0n) is 12.2. The van der Waals surface area contributed by atoms with Crippen molar-refractivity contribution in [3.63, 3.8) is 0 Å². The lowest BCUT2D eigenvalue weighted by Crippen LogP contribution is -2.50. The Hall–Kier alpha value is -2.21. The average Bonchev–Trinajstić information content (AvgIpc) is 2.52. The number of halogens is 3. The highest BCUT2D eigenvalue weighted by atomic mass is 35.5. The quantitative estimate of drug-likeness (QED) is 0.864. The van der Waals surface area contributed by atoms with E-state index < -0.39 is 11.6 Å². The molecule has 0 atom stereocenters. The van der Waals surface area contributed by atoms with Crippen LogP contribution in [0.3, 0.4) is 0 Å². The minimum Gasteiger partial charge on any atom is -0.346 e.